The van der Waals surface area contributed by atoms with Gasteiger partial charge in [0.25, 0.3) is 0 Å². The van der Waals surface area contributed by atoms with Crippen molar-refractivity contribution in [2.24, 2.45) is 0 Å². The molecule has 7 heteroatoms. The van der Waals surface area contributed by atoms with Gasteiger partial charge in [0.2, 0.25) is 0 Å². The summed E-state index contributed by atoms with van der Waals surface area (Å²) >= 11 is 1.76. The molecule has 4 heterocycles. The molecule has 24 heavy (non-hydrogen) atoms. The van der Waals surface area contributed by atoms with Gasteiger partial charge in [0, 0.05) is 23.9 Å². The summed E-state index contributed by atoms with van der Waals surface area (Å²) in [5.74, 6) is 3.51. The smallest absolute Gasteiger partial charge is 0.155 e. The molecular formula is C17H22N6S. The second-order valence-electron chi connectivity index (χ2n) is 6.57. The van der Waals surface area contributed by atoms with E-state index >= 15 is 0 Å². The number of rotatable bonds is 3. The summed E-state index contributed by atoms with van der Waals surface area (Å²) in [6, 6.07) is 2.39. The van der Waals surface area contributed by atoms with Gasteiger partial charge in [0.05, 0.1) is 11.4 Å². The molecular weight excluding hydrogens is 320 g/mol. The third-order valence-corrected chi connectivity index (χ3v) is 5.90. The van der Waals surface area contributed by atoms with Crippen molar-refractivity contribution in [3.63, 3.8) is 0 Å². The van der Waals surface area contributed by atoms with E-state index < -0.39 is 0 Å². The van der Waals surface area contributed by atoms with Crippen LogP contribution in [0.5, 0.6) is 0 Å². The first kappa shape index (κ1) is 15.5. The Hall–Kier alpha value is -2.02. The van der Waals surface area contributed by atoms with E-state index in [1.54, 1.807) is 17.7 Å². The third-order valence-electron chi connectivity index (χ3n) is 4.71. The minimum absolute atomic E-state index is 0.154. The molecule has 1 unspecified atom stereocenters. The van der Waals surface area contributed by atoms with Crippen molar-refractivity contribution in [3.8, 4) is 0 Å². The predicted octanol–water partition coefficient (Wildman–Crippen LogP) is 3.55. The largest absolute Gasteiger partial charge is 0.344 e. The highest BCUT2D eigenvalue weighted by atomic mass is 32.1. The third kappa shape index (κ3) is 2.30. The highest BCUT2D eigenvalue weighted by molar-refractivity contribution is 7.18. The predicted molar refractivity (Wildman–Crippen MR) is 96.7 cm³/mol. The fraction of sp³-hybridized carbons (Fsp3) is 0.529. The van der Waals surface area contributed by atoms with Gasteiger partial charge >= 0.3 is 0 Å². The Bertz CT molecular complexity index is 880. The zero-order valence-electron chi connectivity index (χ0n) is 14.5. The maximum absolute atomic E-state index is 4.61. The van der Waals surface area contributed by atoms with E-state index in [1.807, 2.05) is 0 Å². The molecule has 3 aromatic heterocycles. The first-order valence-corrected chi connectivity index (χ1v) is 9.34. The van der Waals surface area contributed by atoms with Gasteiger partial charge in [-0.1, -0.05) is 20.8 Å². The second-order valence-corrected chi connectivity index (χ2v) is 7.69. The Morgan fingerprint density at radius 1 is 1.25 bits per heavy atom. The van der Waals surface area contributed by atoms with E-state index in [9.17, 15) is 0 Å². The first-order valence-electron chi connectivity index (χ1n) is 8.53. The van der Waals surface area contributed by atoms with Crippen LogP contribution in [0.2, 0.25) is 0 Å². The average Bonchev–Trinajstić information content (AvgIpc) is 3.19. The van der Waals surface area contributed by atoms with E-state index in [2.05, 4.69) is 63.4 Å². The van der Waals surface area contributed by atoms with Gasteiger partial charge in [0.15, 0.2) is 5.82 Å². The summed E-state index contributed by atoms with van der Waals surface area (Å²) in [5, 5.41) is 10.0. The van der Waals surface area contributed by atoms with Crippen LogP contribution in [-0.2, 0) is 13.0 Å². The number of fused-ring (bicyclic) bond motifs is 2. The van der Waals surface area contributed by atoms with Gasteiger partial charge in [-0.05, 0) is 19.4 Å². The molecule has 0 N–H and O–H groups in total. The van der Waals surface area contributed by atoms with Crippen LogP contribution in [0.25, 0.3) is 10.2 Å². The van der Waals surface area contributed by atoms with Crippen molar-refractivity contribution in [2.45, 2.75) is 52.6 Å². The zero-order valence-corrected chi connectivity index (χ0v) is 15.3. The topological polar surface area (TPSA) is 59.7 Å². The van der Waals surface area contributed by atoms with Crippen LogP contribution in [0.4, 0.5) is 5.82 Å². The lowest BCUT2D eigenvalue weighted by Crippen LogP contribution is -2.38. The SMILES string of the molecule is CCc1cc2c(N3CCn4c(C(C)C)nnc4C3C)ncnc2s1. The molecule has 1 aliphatic rings. The number of aryl methyl sites for hydroxylation is 1. The van der Waals surface area contributed by atoms with Gasteiger partial charge in [-0.3, -0.25) is 0 Å². The van der Waals surface area contributed by atoms with Crippen LogP contribution >= 0.6 is 11.3 Å². The molecule has 0 fully saturated rings. The fourth-order valence-corrected chi connectivity index (χ4v) is 4.35. The lowest BCUT2D eigenvalue weighted by atomic mass is 10.1. The van der Waals surface area contributed by atoms with Gasteiger partial charge < -0.3 is 9.47 Å². The molecule has 4 rings (SSSR count). The number of hydrogen-bond acceptors (Lipinski definition) is 6. The molecule has 1 atom stereocenters. The molecule has 0 saturated heterocycles. The Kier molecular flexibility index (Phi) is 3.75. The maximum Gasteiger partial charge on any atom is 0.155 e. The maximum atomic E-state index is 4.61. The molecule has 6 nitrogen and oxygen atoms in total. The van der Waals surface area contributed by atoms with Crippen LogP contribution < -0.4 is 4.90 Å². The average molecular weight is 342 g/mol. The summed E-state index contributed by atoms with van der Waals surface area (Å²) in [6.45, 7) is 10.5. The molecule has 1 aliphatic heterocycles. The molecule has 0 bridgehead atoms. The van der Waals surface area contributed by atoms with E-state index in [0.29, 0.717) is 5.92 Å². The van der Waals surface area contributed by atoms with Crippen molar-refractivity contribution in [2.75, 3.05) is 11.4 Å². The molecule has 0 radical (unpaired) electrons. The molecule has 126 valence electrons. The number of nitrogens with zero attached hydrogens (tertiary/aromatic N) is 6. The second kappa shape index (κ2) is 5.81. The Balaban J connectivity index is 1.77. The highest BCUT2D eigenvalue weighted by Crippen LogP contribution is 2.36. The lowest BCUT2D eigenvalue weighted by molar-refractivity contribution is 0.478. The van der Waals surface area contributed by atoms with Crippen LogP contribution in [-0.4, -0.2) is 31.3 Å². The van der Waals surface area contributed by atoms with Gasteiger partial charge in [0.1, 0.15) is 22.8 Å². The van der Waals surface area contributed by atoms with E-state index in [0.717, 1.165) is 47.2 Å². The minimum atomic E-state index is 0.154. The highest BCUT2D eigenvalue weighted by Gasteiger charge is 2.30. The number of aromatic nitrogens is 5. The summed E-state index contributed by atoms with van der Waals surface area (Å²) in [5.41, 5.74) is 0. The van der Waals surface area contributed by atoms with Crippen molar-refractivity contribution in [3.05, 3.63) is 28.9 Å². The van der Waals surface area contributed by atoms with Crippen molar-refractivity contribution < 1.29 is 0 Å². The van der Waals surface area contributed by atoms with Gasteiger partial charge in [-0.15, -0.1) is 21.5 Å². The minimum Gasteiger partial charge on any atom is -0.344 e. The monoisotopic (exact) mass is 342 g/mol. The normalized spacial score (nSPS) is 17.7. The molecule has 0 amide bonds. The van der Waals surface area contributed by atoms with Crippen molar-refractivity contribution in [1.82, 2.24) is 24.7 Å². The summed E-state index contributed by atoms with van der Waals surface area (Å²) in [6.07, 6.45) is 2.71. The number of anilines is 1. The van der Waals surface area contributed by atoms with Gasteiger partial charge in [-0.2, -0.15) is 0 Å². The molecule has 0 saturated carbocycles. The molecule has 0 spiro atoms. The Labute approximate surface area is 145 Å². The van der Waals surface area contributed by atoms with Gasteiger partial charge in [-0.25, -0.2) is 9.97 Å². The molecule has 0 aromatic carbocycles. The Morgan fingerprint density at radius 2 is 2.08 bits per heavy atom. The van der Waals surface area contributed by atoms with Crippen LogP contribution in [0, 0.1) is 0 Å². The van der Waals surface area contributed by atoms with E-state index in [4.69, 9.17) is 0 Å². The van der Waals surface area contributed by atoms with Crippen molar-refractivity contribution >= 4 is 27.4 Å². The quantitative estimate of drug-likeness (QED) is 0.728. The van der Waals surface area contributed by atoms with E-state index in [1.165, 1.54) is 4.88 Å². The molecule has 0 aliphatic carbocycles. The van der Waals surface area contributed by atoms with Crippen LogP contribution in [0.15, 0.2) is 12.4 Å². The number of thiophene rings is 1. The van der Waals surface area contributed by atoms with Crippen molar-refractivity contribution in [1.29, 1.82) is 0 Å². The summed E-state index contributed by atoms with van der Waals surface area (Å²) in [7, 11) is 0. The standard InChI is InChI=1S/C17H22N6S/c1-5-12-8-13-16(18-9-19-17(13)24-12)22-6-7-23-14(10(2)3)20-21-15(23)11(22)4/h8-11H,5-7H2,1-4H3. The van der Waals surface area contributed by atoms with Crippen LogP contribution in [0.1, 0.15) is 56.2 Å². The van der Waals surface area contributed by atoms with E-state index in [-0.39, 0.29) is 6.04 Å². The number of hydrogen-bond donors (Lipinski definition) is 0. The fourth-order valence-electron chi connectivity index (χ4n) is 3.42. The first-order chi connectivity index (χ1) is 11.6. The summed E-state index contributed by atoms with van der Waals surface area (Å²) < 4.78 is 2.27. The zero-order chi connectivity index (χ0) is 16.8. The van der Waals surface area contributed by atoms with Crippen LogP contribution in [0.3, 0.4) is 0 Å². The Morgan fingerprint density at radius 3 is 2.83 bits per heavy atom. The molecule has 3 aromatic rings. The summed E-state index contributed by atoms with van der Waals surface area (Å²) in [4.78, 5) is 13.8. The lowest BCUT2D eigenvalue weighted by Gasteiger charge is -2.35.